The molecule has 0 atom stereocenters. The second-order valence-corrected chi connectivity index (χ2v) is 3.52. The van der Waals surface area contributed by atoms with Crippen LogP contribution in [0.4, 0.5) is 14.6 Å². The van der Waals surface area contributed by atoms with Crippen LogP contribution in [0.1, 0.15) is 0 Å². The topological polar surface area (TPSA) is 53.1 Å². The molecule has 0 unspecified atom stereocenters. The first kappa shape index (κ1) is 11.4. The molecule has 2 rings (SSSR count). The molecule has 6 heteroatoms. The number of ether oxygens (including phenoxy) is 1. The highest BCUT2D eigenvalue weighted by atomic mass is 19.1. The third-order valence-electron chi connectivity index (χ3n) is 2.45. The number of hydrogen-bond donors (Lipinski definition) is 1. The maximum Gasteiger partial charge on any atom is 0.177 e. The van der Waals surface area contributed by atoms with Gasteiger partial charge in [0.1, 0.15) is 17.3 Å². The molecule has 0 saturated heterocycles. The van der Waals surface area contributed by atoms with Crippen LogP contribution in [-0.4, -0.2) is 16.9 Å². The van der Waals surface area contributed by atoms with Gasteiger partial charge in [0.15, 0.2) is 11.6 Å². The smallest absolute Gasteiger partial charge is 0.177 e. The van der Waals surface area contributed by atoms with E-state index in [2.05, 4.69) is 5.10 Å². The molecule has 2 aromatic rings. The highest BCUT2D eigenvalue weighted by Gasteiger charge is 2.18. The fraction of sp³-hybridized carbons (Fsp3) is 0.182. The number of benzene rings is 1. The molecule has 0 bridgehead atoms. The van der Waals surface area contributed by atoms with E-state index >= 15 is 0 Å². The second kappa shape index (κ2) is 4.04. The molecule has 4 nitrogen and oxygen atoms in total. The summed E-state index contributed by atoms with van der Waals surface area (Å²) in [5, 5.41) is 3.93. The summed E-state index contributed by atoms with van der Waals surface area (Å²) in [7, 11) is 2.90. The lowest BCUT2D eigenvalue weighted by atomic mass is 10.1. The quantitative estimate of drug-likeness (QED) is 0.871. The van der Waals surface area contributed by atoms with E-state index in [1.165, 1.54) is 23.9 Å². The van der Waals surface area contributed by atoms with Crippen molar-refractivity contribution in [2.24, 2.45) is 7.05 Å². The van der Waals surface area contributed by atoms with Crippen molar-refractivity contribution in [3.63, 3.8) is 0 Å². The summed E-state index contributed by atoms with van der Waals surface area (Å²) in [5.41, 5.74) is 5.47. The standard InChI is InChI=1S/C11H11F2N3O/c1-16-9(14)5-7(15-16)10-6(12)3-4-8(17-2)11(10)13/h3-5H,14H2,1-2H3. The Morgan fingerprint density at radius 1 is 1.35 bits per heavy atom. The third kappa shape index (κ3) is 1.82. The van der Waals surface area contributed by atoms with Crippen molar-refractivity contribution in [3.8, 4) is 17.0 Å². The van der Waals surface area contributed by atoms with Gasteiger partial charge in [-0.2, -0.15) is 5.10 Å². The first-order valence-corrected chi connectivity index (χ1v) is 4.86. The number of methoxy groups -OCH3 is 1. The van der Waals surface area contributed by atoms with Crippen LogP contribution in [0.25, 0.3) is 11.3 Å². The molecule has 1 aromatic carbocycles. The van der Waals surface area contributed by atoms with Gasteiger partial charge in [0.25, 0.3) is 0 Å². The molecule has 1 aromatic heterocycles. The molecular formula is C11H11F2N3O. The number of halogens is 2. The van der Waals surface area contributed by atoms with Crippen LogP contribution in [0, 0.1) is 11.6 Å². The Balaban J connectivity index is 2.65. The Labute approximate surface area is 96.6 Å². The molecule has 0 radical (unpaired) electrons. The Morgan fingerprint density at radius 2 is 2.06 bits per heavy atom. The van der Waals surface area contributed by atoms with Gasteiger partial charge >= 0.3 is 0 Å². The molecular weight excluding hydrogens is 228 g/mol. The molecule has 0 aliphatic carbocycles. The Bertz CT molecular complexity index is 547. The van der Waals surface area contributed by atoms with Crippen molar-refractivity contribution < 1.29 is 13.5 Å². The lowest BCUT2D eigenvalue weighted by Gasteiger charge is -2.06. The lowest BCUT2D eigenvalue weighted by molar-refractivity contribution is 0.385. The minimum atomic E-state index is -0.786. The van der Waals surface area contributed by atoms with Gasteiger partial charge in [0.2, 0.25) is 0 Å². The van der Waals surface area contributed by atoms with Gasteiger partial charge in [-0.1, -0.05) is 0 Å². The molecule has 0 fully saturated rings. The van der Waals surface area contributed by atoms with Crippen LogP contribution in [0.3, 0.4) is 0 Å². The zero-order valence-corrected chi connectivity index (χ0v) is 9.37. The third-order valence-corrected chi connectivity index (χ3v) is 2.45. The summed E-state index contributed by atoms with van der Waals surface area (Å²) in [4.78, 5) is 0. The van der Waals surface area contributed by atoms with E-state index in [1.54, 1.807) is 7.05 Å². The summed E-state index contributed by atoms with van der Waals surface area (Å²) in [6.07, 6.45) is 0. The molecule has 1 heterocycles. The Hall–Kier alpha value is -2.11. The highest BCUT2D eigenvalue weighted by Crippen LogP contribution is 2.31. The normalized spacial score (nSPS) is 10.6. The molecule has 0 saturated carbocycles. The van der Waals surface area contributed by atoms with Crippen molar-refractivity contribution in [2.45, 2.75) is 0 Å². The molecule has 0 amide bonds. The van der Waals surface area contributed by atoms with E-state index < -0.39 is 11.6 Å². The fourth-order valence-electron chi connectivity index (χ4n) is 1.53. The molecule has 0 spiro atoms. The van der Waals surface area contributed by atoms with Gasteiger partial charge in [-0.25, -0.2) is 8.78 Å². The van der Waals surface area contributed by atoms with Crippen LogP contribution in [-0.2, 0) is 7.05 Å². The minimum absolute atomic E-state index is 0.0365. The maximum atomic E-state index is 13.9. The van der Waals surface area contributed by atoms with Gasteiger partial charge < -0.3 is 10.5 Å². The fourth-order valence-corrected chi connectivity index (χ4v) is 1.53. The van der Waals surface area contributed by atoms with Gasteiger partial charge in [0.05, 0.1) is 12.7 Å². The van der Waals surface area contributed by atoms with E-state index in [0.717, 1.165) is 6.07 Å². The predicted octanol–water partition coefficient (Wildman–Crippen LogP) is 1.96. The number of hydrogen-bond acceptors (Lipinski definition) is 3. The van der Waals surface area contributed by atoms with E-state index in [-0.39, 0.29) is 17.0 Å². The highest BCUT2D eigenvalue weighted by molar-refractivity contribution is 5.65. The number of aryl methyl sites for hydroxylation is 1. The number of nitrogens with zero attached hydrogens (tertiary/aromatic N) is 2. The molecule has 17 heavy (non-hydrogen) atoms. The van der Waals surface area contributed by atoms with Gasteiger partial charge in [0, 0.05) is 13.1 Å². The predicted molar refractivity (Wildman–Crippen MR) is 59.5 cm³/mol. The number of rotatable bonds is 2. The summed E-state index contributed by atoms with van der Waals surface area (Å²) in [6.45, 7) is 0. The number of aromatic nitrogens is 2. The molecule has 0 aliphatic rings. The van der Waals surface area contributed by atoms with E-state index in [4.69, 9.17) is 10.5 Å². The molecule has 0 aliphatic heterocycles. The van der Waals surface area contributed by atoms with E-state index in [1.807, 2.05) is 0 Å². The van der Waals surface area contributed by atoms with Crippen molar-refractivity contribution in [2.75, 3.05) is 12.8 Å². The first-order valence-electron chi connectivity index (χ1n) is 4.86. The van der Waals surface area contributed by atoms with Gasteiger partial charge in [-0.05, 0) is 12.1 Å². The van der Waals surface area contributed by atoms with Crippen LogP contribution in [0.5, 0.6) is 5.75 Å². The van der Waals surface area contributed by atoms with E-state index in [9.17, 15) is 8.78 Å². The zero-order chi connectivity index (χ0) is 12.6. The molecule has 90 valence electrons. The number of nitrogens with two attached hydrogens (primary N) is 1. The number of anilines is 1. The minimum Gasteiger partial charge on any atom is -0.494 e. The van der Waals surface area contributed by atoms with Crippen LogP contribution in [0.2, 0.25) is 0 Å². The first-order chi connectivity index (χ1) is 8.04. The monoisotopic (exact) mass is 239 g/mol. The Kier molecular flexibility index (Phi) is 2.71. The van der Waals surface area contributed by atoms with Gasteiger partial charge in [-0.3, -0.25) is 4.68 Å². The summed E-state index contributed by atoms with van der Waals surface area (Å²) >= 11 is 0. The SMILES string of the molecule is COc1ccc(F)c(-c2cc(N)n(C)n2)c1F. The van der Waals surface area contributed by atoms with Crippen LogP contribution in [0.15, 0.2) is 18.2 Å². The largest absolute Gasteiger partial charge is 0.494 e. The summed E-state index contributed by atoms with van der Waals surface area (Å²) < 4.78 is 33.6. The summed E-state index contributed by atoms with van der Waals surface area (Å²) in [6, 6.07) is 3.75. The van der Waals surface area contributed by atoms with Crippen molar-refractivity contribution in [1.82, 2.24) is 9.78 Å². The second-order valence-electron chi connectivity index (χ2n) is 3.52. The Morgan fingerprint density at radius 3 is 2.59 bits per heavy atom. The lowest BCUT2D eigenvalue weighted by Crippen LogP contribution is -1.98. The number of nitrogen functional groups attached to an aromatic ring is 1. The average Bonchev–Trinajstić information content (AvgIpc) is 2.59. The average molecular weight is 239 g/mol. The summed E-state index contributed by atoms with van der Waals surface area (Å²) in [5.74, 6) is -1.21. The van der Waals surface area contributed by atoms with Crippen molar-refractivity contribution in [1.29, 1.82) is 0 Å². The molecule has 2 N–H and O–H groups in total. The maximum absolute atomic E-state index is 13.9. The van der Waals surface area contributed by atoms with E-state index in [0.29, 0.717) is 5.82 Å². The zero-order valence-electron chi connectivity index (χ0n) is 9.37. The van der Waals surface area contributed by atoms with Gasteiger partial charge in [-0.15, -0.1) is 0 Å². The van der Waals surface area contributed by atoms with Crippen molar-refractivity contribution in [3.05, 3.63) is 29.8 Å². The van der Waals surface area contributed by atoms with Crippen LogP contribution >= 0.6 is 0 Å². The van der Waals surface area contributed by atoms with Crippen molar-refractivity contribution >= 4 is 5.82 Å². The van der Waals surface area contributed by atoms with Crippen LogP contribution < -0.4 is 10.5 Å².